The topological polar surface area (TPSA) is 26.3 Å². The van der Waals surface area contributed by atoms with E-state index in [-0.39, 0.29) is 12.1 Å². The van der Waals surface area contributed by atoms with E-state index in [1.165, 1.54) is 12.8 Å². The second-order valence-corrected chi connectivity index (χ2v) is 3.71. The Morgan fingerprint density at radius 1 is 1.62 bits per heavy atom. The molecule has 2 unspecified atom stereocenters. The first-order chi connectivity index (χ1) is 6.24. The van der Waals surface area contributed by atoms with Crippen LogP contribution in [0.15, 0.2) is 12.2 Å². The van der Waals surface area contributed by atoms with Crippen molar-refractivity contribution in [2.75, 3.05) is 0 Å². The van der Waals surface area contributed by atoms with Gasteiger partial charge in [0, 0.05) is 5.92 Å². The molecule has 0 bridgehead atoms. The van der Waals surface area contributed by atoms with E-state index >= 15 is 0 Å². The van der Waals surface area contributed by atoms with Crippen LogP contribution in [0.5, 0.6) is 0 Å². The number of hydrogen-bond acceptors (Lipinski definition) is 2. The normalized spacial score (nSPS) is 28.3. The van der Waals surface area contributed by atoms with Crippen molar-refractivity contribution < 1.29 is 9.53 Å². The van der Waals surface area contributed by atoms with Gasteiger partial charge in [0.2, 0.25) is 0 Å². The summed E-state index contributed by atoms with van der Waals surface area (Å²) in [5.74, 6) is 0.294. The van der Waals surface area contributed by atoms with Crippen LogP contribution in [0, 0.1) is 5.92 Å². The highest BCUT2D eigenvalue weighted by molar-refractivity contribution is 5.72. The van der Waals surface area contributed by atoms with Crippen LogP contribution in [0.1, 0.15) is 39.5 Å². The van der Waals surface area contributed by atoms with Crippen LogP contribution in [0.25, 0.3) is 0 Å². The molecule has 1 rings (SSSR count). The van der Waals surface area contributed by atoms with Crippen molar-refractivity contribution in [1.82, 2.24) is 0 Å². The molecule has 1 aliphatic rings. The summed E-state index contributed by atoms with van der Waals surface area (Å²) >= 11 is 0. The number of rotatable bonds is 4. The van der Waals surface area contributed by atoms with Gasteiger partial charge in [0.05, 0.1) is 6.42 Å². The molecule has 2 atom stereocenters. The molecular formula is C11H18O2. The third-order valence-corrected chi connectivity index (χ3v) is 2.37. The minimum atomic E-state index is -0.0577. The lowest BCUT2D eigenvalue weighted by Crippen LogP contribution is -2.09. The van der Waals surface area contributed by atoms with Gasteiger partial charge in [0.25, 0.3) is 0 Å². The number of carbonyl (C=O) groups excluding carboxylic acids is 1. The van der Waals surface area contributed by atoms with E-state index in [1.807, 2.05) is 6.08 Å². The lowest BCUT2D eigenvalue weighted by atomic mass is 10.0. The zero-order valence-electron chi connectivity index (χ0n) is 8.45. The Bertz CT molecular complexity index is 196. The summed E-state index contributed by atoms with van der Waals surface area (Å²) in [6.07, 6.45) is 8.29. The molecule has 1 fully saturated rings. The highest BCUT2D eigenvalue weighted by atomic mass is 16.5. The molecule has 2 nitrogen and oxygen atoms in total. The minimum Gasteiger partial charge on any atom is -0.458 e. The van der Waals surface area contributed by atoms with E-state index < -0.39 is 0 Å². The van der Waals surface area contributed by atoms with Gasteiger partial charge in [0.1, 0.15) is 6.10 Å². The van der Waals surface area contributed by atoms with Crippen LogP contribution in [-0.4, -0.2) is 12.1 Å². The Labute approximate surface area is 80.0 Å². The maximum Gasteiger partial charge on any atom is 0.306 e. The smallest absolute Gasteiger partial charge is 0.306 e. The fraction of sp³-hybridized carbons (Fsp3) is 0.727. The van der Waals surface area contributed by atoms with Gasteiger partial charge in [-0.2, -0.15) is 0 Å². The van der Waals surface area contributed by atoms with Gasteiger partial charge in [0.15, 0.2) is 0 Å². The number of esters is 1. The standard InChI is InChI=1S/C11H18O2/c1-3-4-5-6-7-10-9(2)8-11(12)13-10/h6-7,9-10H,3-5,8H2,1-2H3. The predicted molar refractivity (Wildman–Crippen MR) is 52.3 cm³/mol. The molecule has 2 heteroatoms. The monoisotopic (exact) mass is 182 g/mol. The van der Waals surface area contributed by atoms with Gasteiger partial charge >= 0.3 is 5.97 Å². The van der Waals surface area contributed by atoms with Crippen molar-refractivity contribution in [2.45, 2.75) is 45.6 Å². The third kappa shape index (κ3) is 3.21. The summed E-state index contributed by atoms with van der Waals surface area (Å²) in [5.41, 5.74) is 0. The first kappa shape index (κ1) is 10.3. The fourth-order valence-corrected chi connectivity index (χ4v) is 1.48. The van der Waals surface area contributed by atoms with Crippen molar-refractivity contribution in [3.05, 3.63) is 12.2 Å². The molecule has 0 aromatic heterocycles. The van der Waals surface area contributed by atoms with Crippen molar-refractivity contribution in [2.24, 2.45) is 5.92 Å². The molecular weight excluding hydrogens is 164 g/mol. The van der Waals surface area contributed by atoms with Crippen molar-refractivity contribution in [1.29, 1.82) is 0 Å². The van der Waals surface area contributed by atoms with E-state index in [0.29, 0.717) is 12.3 Å². The Morgan fingerprint density at radius 2 is 2.38 bits per heavy atom. The zero-order chi connectivity index (χ0) is 9.68. The van der Waals surface area contributed by atoms with Crippen LogP contribution in [0.3, 0.4) is 0 Å². The molecule has 0 aromatic rings. The van der Waals surface area contributed by atoms with E-state index in [2.05, 4.69) is 19.9 Å². The van der Waals surface area contributed by atoms with Gasteiger partial charge in [-0.25, -0.2) is 0 Å². The number of unbranched alkanes of at least 4 members (excludes halogenated alkanes) is 2. The lowest BCUT2D eigenvalue weighted by molar-refractivity contribution is -0.140. The Balaban J connectivity index is 2.28. The van der Waals surface area contributed by atoms with Crippen LogP contribution < -0.4 is 0 Å². The molecule has 0 spiro atoms. The third-order valence-electron chi connectivity index (χ3n) is 2.37. The molecule has 74 valence electrons. The molecule has 0 amide bonds. The van der Waals surface area contributed by atoms with Crippen LogP contribution in [-0.2, 0) is 9.53 Å². The quantitative estimate of drug-likeness (QED) is 0.379. The van der Waals surface area contributed by atoms with Crippen LogP contribution in [0.2, 0.25) is 0 Å². The highest BCUT2D eigenvalue weighted by Gasteiger charge is 2.28. The maximum atomic E-state index is 10.9. The molecule has 0 aliphatic carbocycles. The van der Waals surface area contributed by atoms with Crippen molar-refractivity contribution in [3.63, 3.8) is 0 Å². The Kier molecular flexibility index (Phi) is 4.00. The molecule has 1 saturated heterocycles. The Hall–Kier alpha value is -0.790. The summed E-state index contributed by atoms with van der Waals surface area (Å²) in [4.78, 5) is 10.9. The van der Waals surface area contributed by atoms with E-state index in [9.17, 15) is 4.79 Å². The number of ether oxygens (including phenoxy) is 1. The zero-order valence-corrected chi connectivity index (χ0v) is 8.45. The molecule has 1 heterocycles. The minimum absolute atomic E-state index is 0.0318. The SMILES string of the molecule is CCCCC=CC1OC(=O)CC1C. The van der Waals surface area contributed by atoms with E-state index in [0.717, 1.165) is 6.42 Å². The summed E-state index contributed by atoms with van der Waals surface area (Å²) in [5, 5.41) is 0. The predicted octanol–water partition coefficient (Wildman–Crippen LogP) is 2.68. The lowest BCUT2D eigenvalue weighted by Gasteiger charge is -2.07. The number of carbonyl (C=O) groups is 1. The van der Waals surface area contributed by atoms with Gasteiger partial charge in [-0.3, -0.25) is 4.79 Å². The van der Waals surface area contributed by atoms with E-state index in [1.54, 1.807) is 0 Å². The average molecular weight is 182 g/mol. The second kappa shape index (κ2) is 5.05. The maximum absolute atomic E-state index is 10.9. The molecule has 1 aliphatic heterocycles. The van der Waals surface area contributed by atoms with Crippen LogP contribution in [0.4, 0.5) is 0 Å². The molecule has 0 saturated carbocycles. The first-order valence-electron chi connectivity index (χ1n) is 5.10. The second-order valence-electron chi connectivity index (χ2n) is 3.71. The largest absolute Gasteiger partial charge is 0.458 e. The molecule has 0 aromatic carbocycles. The van der Waals surface area contributed by atoms with Gasteiger partial charge in [-0.15, -0.1) is 0 Å². The summed E-state index contributed by atoms with van der Waals surface area (Å²) in [7, 11) is 0. The van der Waals surface area contributed by atoms with Gasteiger partial charge < -0.3 is 4.74 Å². The fourth-order valence-electron chi connectivity index (χ4n) is 1.48. The van der Waals surface area contributed by atoms with Crippen molar-refractivity contribution >= 4 is 5.97 Å². The Morgan fingerprint density at radius 3 is 2.92 bits per heavy atom. The molecule has 13 heavy (non-hydrogen) atoms. The van der Waals surface area contributed by atoms with Crippen molar-refractivity contribution in [3.8, 4) is 0 Å². The molecule has 0 radical (unpaired) electrons. The first-order valence-corrected chi connectivity index (χ1v) is 5.10. The summed E-state index contributed by atoms with van der Waals surface area (Å²) < 4.78 is 5.13. The van der Waals surface area contributed by atoms with E-state index in [4.69, 9.17) is 4.74 Å². The average Bonchev–Trinajstić information content (AvgIpc) is 2.39. The number of cyclic esters (lactones) is 1. The van der Waals surface area contributed by atoms with Crippen LogP contribution >= 0.6 is 0 Å². The summed E-state index contributed by atoms with van der Waals surface area (Å²) in [6.45, 7) is 4.23. The summed E-state index contributed by atoms with van der Waals surface area (Å²) in [6, 6.07) is 0. The number of allylic oxidation sites excluding steroid dienone is 1. The van der Waals surface area contributed by atoms with Gasteiger partial charge in [-0.1, -0.05) is 32.8 Å². The highest BCUT2D eigenvalue weighted by Crippen LogP contribution is 2.22. The molecule has 0 N–H and O–H groups in total. The van der Waals surface area contributed by atoms with Gasteiger partial charge in [-0.05, 0) is 12.5 Å². The number of hydrogen-bond donors (Lipinski definition) is 0.